The highest BCUT2D eigenvalue weighted by Crippen LogP contribution is 2.27. The van der Waals surface area contributed by atoms with Crippen molar-refractivity contribution in [3.8, 4) is 0 Å². The van der Waals surface area contributed by atoms with Crippen LogP contribution in [0.2, 0.25) is 0 Å². The Hall–Kier alpha value is -2.42. The molecular formula is C27H34N2. The van der Waals surface area contributed by atoms with Gasteiger partial charge < -0.3 is 11.5 Å². The van der Waals surface area contributed by atoms with E-state index < -0.39 is 11.1 Å². The van der Waals surface area contributed by atoms with E-state index in [1.54, 1.807) is 0 Å². The minimum atomic E-state index is -0.425. The van der Waals surface area contributed by atoms with Gasteiger partial charge in [0.1, 0.15) is 0 Å². The molecular weight excluding hydrogens is 352 g/mol. The van der Waals surface area contributed by atoms with Crippen LogP contribution < -0.4 is 11.5 Å². The number of hydrogen-bond acceptors (Lipinski definition) is 2. The van der Waals surface area contributed by atoms with Gasteiger partial charge in [-0.2, -0.15) is 0 Å². The second-order valence-electron chi connectivity index (χ2n) is 9.45. The third-order valence-electron chi connectivity index (χ3n) is 5.39. The van der Waals surface area contributed by atoms with Gasteiger partial charge in [-0.15, -0.1) is 0 Å². The fraction of sp³-hybridized carbons (Fsp3) is 0.333. The Morgan fingerprint density at radius 3 is 2.10 bits per heavy atom. The maximum absolute atomic E-state index is 6.44. The SMILES string of the molecule is CC1(N)C=CC=CC(c2ccc(CCC3=CC(C)(N)/C=C\C(C)(C)C=C3)cc2)=C1. The monoisotopic (exact) mass is 386 g/mol. The molecule has 0 spiro atoms. The van der Waals surface area contributed by atoms with Crippen molar-refractivity contribution in [3.05, 3.63) is 102 Å². The third kappa shape index (κ3) is 6.28. The van der Waals surface area contributed by atoms with Crippen LogP contribution in [0.15, 0.2) is 90.6 Å². The molecule has 4 N–H and O–H groups in total. The van der Waals surface area contributed by atoms with Gasteiger partial charge >= 0.3 is 0 Å². The normalized spacial score (nSPS) is 29.4. The number of rotatable bonds is 4. The Kier molecular flexibility index (Phi) is 5.97. The van der Waals surface area contributed by atoms with Crippen molar-refractivity contribution in [2.45, 2.75) is 51.6 Å². The lowest BCUT2D eigenvalue weighted by molar-refractivity contribution is 0.604. The minimum absolute atomic E-state index is 0.0219. The van der Waals surface area contributed by atoms with Gasteiger partial charge in [-0.1, -0.05) is 98.9 Å². The maximum atomic E-state index is 6.44. The van der Waals surface area contributed by atoms with Gasteiger partial charge in [0.2, 0.25) is 0 Å². The van der Waals surface area contributed by atoms with Crippen molar-refractivity contribution in [3.63, 3.8) is 0 Å². The van der Waals surface area contributed by atoms with E-state index in [2.05, 4.69) is 87.6 Å². The van der Waals surface area contributed by atoms with Gasteiger partial charge in [0.15, 0.2) is 0 Å². The Labute approximate surface area is 176 Å². The summed E-state index contributed by atoms with van der Waals surface area (Å²) in [5.74, 6) is 0. The van der Waals surface area contributed by atoms with Crippen molar-refractivity contribution in [2.75, 3.05) is 0 Å². The molecule has 0 fully saturated rings. The van der Waals surface area contributed by atoms with Crippen molar-refractivity contribution >= 4 is 5.57 Å². The van der Waals surface area contributed by atoms with Crippen LogP contribution in [0.4, 0.5) is 0 Å². The quantitative estimate of drug-likeness (QED) is 0.658. The van der Waals surface area contributed by atoms with Crippen LogP contribution in [0, 0.1) is 5.41 Å². The van der Waals surface area contributed by atoms with Crippen LogP contribution in [0.3, 0.4) is 0 Å². The minimum Gasteiger partial charge on any atom is -0.319 e. The molecule has 2 unspecified atom stereocenters. The summed E-state index contributed by atoms with van der Waals surface area (Å²) in [6.07, 6.45) is 23.2. The summed E-state index contributed by atoms with van der Waals surface area (Å²) < 4.78 is 0. The van der Waals surface area contributed by atoms with E-state index in [0.29, 0.717) is 0 Å². The average molecular weight is 387 g/mol. The van der Waals surface area contributed by atoms with Gasteiger partial charge in [0, 0.05) is 5.41 Å². The molecule has 152 valence electrons. The second kappa shape index (κ2) is 8.14. The Balaban J connectivity index is 1.72. The van der Waals surface area contributed by atoms with Crippen molar-refractivity contribution in [1.29, 1.82) is 0 Å². The zero-order chi connectivity index (χ0) is 21.1. The molecule has 0 aromatic heterocycles. The Morgan fingerprint density at radius 2 is 1.38 bits per heavy atom. The fourth-order valence-electron chi connectivity index (χ4n) is 3.61. The number of benzene rings is 1. The fourth-order valence-corrected chi connectivity index (χ4v) is 3.61. The smallest absolute Gasteiger partial charge is 0.0508 e. The number of aryl methyl sites for hydroxylation is 1. The van der Waals surface area contributed by atoms with Crippen LogP contribution in [0.25, 0.3) is 5.57 Å². The molecule has 0 bridgehead atoms. The number of allylic oxidation sites excluding steroid dienone is 8. The predicted molar refractivity (Wildman–Crippen MR) is 126 cm³/mol. The molecule has 3 rings (SSSR count). The van der Waals surface area contributed by atoms with Gasteiger partial charge in [-0.05, 0) is 49.0 Å². The molecule has 2 aliphatic rings. The number of nitrogens with two attached hydrogens (primary N) is 2. The summed E-state index contributed by atoms with van der Waals surface area (Å²) in [7, 11) is 0. The molecule has 2 nitrogen and oxygen atoms in total. The van der Waals surface area contributed by atoms with E-state index in [1.807, 2.05) is 25.2 Å². The summed E-state index contributed by atoms with van der Waals surface area (Å²) in [5, 5.41) is 0. The first-order chi connectivity index (χ1) is 13.5. The van der Waals surface area contributed by atoms with Gasteiger partial charge in [0.05, 0.1) is 11.1 Å². The van der Waals surface area contributed by atoms with E-state index in [-0.39, 0.29) is 5.41 Å². The Morgan fingerprint density at radius 1 is 0.690 bits per heavy atom. The average Bonchev–Trinajstić information content (AvgIpc) is 2.83. The molecule has 0 radical (unpaired) electrons. The summed E-state index contributed by atoms with van der Waals surface area (Å²) >= 11 is 0. The van der Waals surface area contributed by atoms with Crippen LogP contribution >= 0.6 is 0 Å². The van der Waals surface area contributed by atoms with Gasteiger partial charge in [-0.3, -0.25) is 0 Å². The van der Waals surface area contributed by atoms with Gasteiger partial charge in [0.25, 0.3) is 0 Å². The molecule has 1 aromatic rings. The predicted octanol–water partition coefficient (Wildman–Crippen LogP) is 5.64. The standard InChI is InChI=1S/C27H34N2/c1-25(2)16-14-22(19-27(4,29)18-17-25)9-8-21-10-12-23(13-11-21)24-7-5-6-15-26(3,28)20-24/h5-7,10-20H,8-9,28-29H2,1-4H3/b16-14?,18-17-,22-19?. The summed E-state index contributed by atoms with van der Waals surface area (Å²) in [6, 6.07) is 8.81. The third-order valence-corrected chi connectivity index (χ3v) is 5.39. The zero-order valence-electron chi connectivity index (χ0n) is 18.2. The van der Waals surface area contributed by atoms with Crippen molar-refractivity contribution < 1.29 is 0 Å². The van der Waals surface area contributed by atoms with E-state index in [9.17, 15) is 0 Å². The first-order valence-electron chi connectivity index (χ1n) is 10.4. The Bertz CT molecular complexity index is 914. The van der Waals surface area contributed by atoms with Crippen molar-refractivity contribution in [2.24, 2.45) is 16.9 Å². The second-order valence-corrected chi connectivity index (χ2v) is 9.45. The van der Waals surface area contributed by atoms with E-state index in [0.717, 1.165) is 18.4 Å². The highest BCUT2D eigenvalue weighted by molar-refractivity contribution is 5.76. The molecule has 0 saturated heterocycles. The van der Waals surface area contributed by atoms with E-state index in [1.165, 1.54) is 16.7 Å². The first-order valence-corrected chi connectivity index (χ1v) is 10.4. The highest BCUT2D eigenvalue weighted by atomic mass is 14.7. The number of hydrogen-bond donors (Lipinski definition) is 2. The summed E-state index contributed by atoms with van der Waals surface area (Å²) in [6.45, 7) is 8.48. The largest absolute Gasteiger partial charge is 0.319 e. The van der Waals surface area contributed by atoms with E-state index in [4.69, 9.17) is 11.5 Å². The van der Waals surface area contributed by atoms with E-state index >= 15 is 0 Å². The van der Waals surface area contributed by atoms with Crippen molar-refractivity contribution in [1.82, 2.24) is 0 Å². The molecule has 2 atom stereocenters. The van der Waals surface area contributed by atoms with Crippen LogP contribution in [-0.2, 0) is 6.42 Å². The molecule has 0 aliphatic heterocycles. The molecule has 2 aliphatic carbocycles. The highest BCUT2D eigenvalue weighted by Gasteiger charge is 2.18. The molecule has 0 heterocycles. The summed E-state index contributed by atoms with van der Waals surface area (Å²) in [5.41, 5.74) is 16.9. The zero-order valence-corrected chi connectivity index (χ0v) is 18.2. The topological polar surface area (TPSA) is 52.0 Å². The first kappa shape index (κ1) is 21.3. The lowest BCUT2D eigenvalue weighted by Gasteiger charge is -2.24. The molecule has 1 aromatic carbocycles. The lowest BCUT2D eigenvalue weighted by Crippen LogP contribution is -2.32. The molecule has 29 heavy (non-hydrogen) atoms. The van der Waals surface area contributed by atoms with Crippen LogP contribution in [0.1, 0.15) is 45.2 Å². The molecule has 0 saturated carbocycles. The lowest BCUT2D eigenvalue weighted by atomic mass is 9.85. The molecule has 0 amide bonds. The van der Waals surface area contributed by atoms with Crippen LogP contribution in [0.5, 0.6) is 0 Å². The van der Waals surface area contributed by atoms with Gasteiger partial charge in [-0.25, -0.2) is 0 Å². The summed E-state index contributed by atoms with van der Waals surface area (Å²) in [4.78, 5) is 0. The maximum Gasteiger partial charge on any atom is 0.0508 e. The van der Waals surface area contributed by atoms with Crippen LogP contribution in [-0.4, -0.2) is 11.1 Å². The molecule has 2 heteroatoms.